The van der Waals surface area contributed by atoms with E-state index >= 15 is 0 Å². The van der Waals surface area contributed by atoms with Gasteiger partial charge in [0.1, 0.15) is 6.10 Å². The van der Waals surface area contributed by atoms with Crippen LogP contribution in [-0.2, 0) is 9.47 Å². The smallest absolute Gasteiger partial charge is 0.339 e. The van der Waals surface area contributed by atoms with Gasteiger partial charge in [0.15, 0.2) is 5.78 Å². The Bertz CT molecular complexity index is 797. The minimum absolute atomic E-state index is 0.0728. The van der Waals surface area contributed by atoms with Crippen molar-refractivity contribution in [2.24, 2.45) is 0 Å². The Morgan fingerprint density at radius 1 is 0.846 bits per heavy atom. The summed E-state index contributed by atoms with van der Waals surface area (Å²) < 4.78 is 9.95. The van der Waals surface area contributed by atoms with Gasteiger partial charge in [0.2, 0.25) is 0 Å². The van der Waals surface area contributed by atoms with Crippen LogP contribution in [0, 0.1) is 0 Å². The third-order valence-electron chi connectivity index (χ3n) is 3.67. The van der Waals surface area contributed by atoms with Gasteiger partial charge in [-0.25, -0.2) is 9.59 Å². The van der Waals surface area contributed by atoms with Crippen LogP contribution in [0.5, 0.6) is 0 Å². The highest BCUT2D eigenvalue weighted by Gasteiger charge is 2.29. The fourth-order valence-electron chi connectivity index (χ4n) is 2.49. The molecule has 0 spiro atoms. The Labute approximate surface area is 151 Å². The van der Waals surface area contributed by atoms with E-state index in [-0.39, 0.29) is 29.9 Å². The fourth-order valence-corrected chi connectivity index (χ4v) is 2.49. The molecule has 0 aliphatic heterocycles. The summed E-state index contributed by atoms with van der Waals surface area (Å²) in [6.07, 6.45) is -1.47. The molecule has 2 rings (SSSR count). The summed E-state index contributed by atoms with van der Waals surface area (Å²) in [7, 11) is 0. The molecule has 6 heteroatoms. The molecule has 0 saturated carbocycles. The highest BCUT2D eigenvalue weighted by atomic mass is 16.5. The highest BCUT2D eigenvalue weighted by Crippen LogP contribution is 2.24. The van der Waals surface area contributed by atoms with E-state index < -0.39 is 23.8 Å². The van der Waals surface area contributed by atoms with E-state index in [2.05, 4.69) is 0 Å². The van der Waals surface area contributed by atoms with Crippen molar-refractivity contribution < 1.29 is 29.0 Å². The number of carbonyl (C=O) groups is 3. The monoisotopic (exact) mass is 356 g/mol. The SMILES string of the molecule is CCOC(=O)c1cccc(C(=O)C(O)c2ccccc2)c1C(=O)OCC. The number of ketones is 1. The van der Waals surface area contributed by atoms with Gasteiger partial charge in [-0.15, -0.1) is 0 Å². The number of Topliss-reactive ketones (excluding diaryl/α,β-unsaturated/α-hetero) is 1. The zero-order chi connectivity index (χ0) is 19.1. The standard InChI is InChI=1S/C20H20O6/c1-3-25-19(23)15-12-8-11-14(16(15)20(24)26-4-2)18(22)17(21)13-9-6-5-7-10-13/h5-12,17,21H,3-4H2,1-2H3. The van der Waals surface area contributed by atoms with Crippen molar-refractivity contribution in [3.05, 3.63) is 70.8 Å². The molecule has 0 aliphatic carbocycles. The van der Waals surface area contributed by atoms with Gasteiger partial charge in [-0.2, -0.15) is 0 Å². The Morgan fingerprint density at radius 3 is 2.04 bits per heavy atom. The molecule has 0 fully saturated rings. The number of hydrogen-bond acceptors (Lipinski definition) is 6. The third-order valence-corrected chi connectivity index (χ3v) is 3.67. The van der Waals surface area contributed by atoms with Gasteiger partial charge in [-0.3, -0.25) is 4.79 Å². The Kier molecular flexibility index (Phi) is 6.63. The number of ether oxygens (including phenoxy) is 2. The average molecular weight is 356 g/mol. The first-order valence-corrected chi connectivity index (χ1v) is 8.25. The largest absolute Gasteiger partial charge is 0.462 e. The molecule has 2 aromatic carbocycles. The molecule has 1 unspecified atom stereocenters. The van der Waals surface area contributed by atoms with Crippen LogP contribution in [0.2, 0.25) is 0 Å². The second-order valence-electron chi connectivity index (χ2n) is 5.35. The topological polar surface area (TPSA) is 89.9 Å². The van der Waals surface area contributed by atoms with Crippen LogP contribution < -0.4 is 0 Å². The summed E-state index contributed by atoms with van der Waals surface area (Å²) in [4.78, 5) is 37.4. The molecule has 0 heterocycles. The molecule has 0 aromatic heterocycles. The minimum Gasteiger partial charge on any atom is -0.462 e. The molecule has 0 radical (unpaired) electrons. The maximum atomic E-state index is 12.8. The molecular weight excluding hydrogens is 336 g/mol. The molecule has 1 atom stereocenters. The van der Waals surface area contributed by atoms with E-state index in [1.807, 2.05) is 0 Å². The van der Waals surface area contributed by atoms with Crippen molar-refractivity contribution in [1.29, 1.82) is 0 Å². The summed E-state index contributed by atoms with van der Waals surface area (Å²) >= 11 is 0. The van der Waals surface area contributed by atoms with Crippen LogP contribution in [0.15, 0.2) is 48.5 Å². The Morgan fingerprint density at radius 2 is 1.42 bits per heavy atom. The number of hydrogen-bond donors (Lipinski definition) is 1. The number of rotatable bonds is 7. The summed E-state index contributed by atoms with van der Waals surface area (Å²) in [5, 5.41) is 10.4. The summed E-state index contributed by atoms with van der Waals surface area (Å²) in [5.41, 5.74) is 0.0170. The quantitative estimate of drug-likeness (QED) is 0.606. The van der Waals surface area contributed by atoms with Gasteiger partial charge >= 0.3 is 11.9 Å². The van der Waals surface area contributed by atoms with Gasteiger partial charge in [0, 0.05) is 5.56 Å². The van der Waals surface area contributed by atoms with E-state index in [1.165, 1.54) is 18.2 Å². The maximum Gasteiger partial charge on any atom is 0.339 e. The average Bonchev–Trinajstić information content (AvgIpc) is 2.67. The molecule has 0 amide bonds. The lowest BCUT2D eigenvalue weighted by Gasteiger charge is -2.15. The lowest BCUT2D eigenvalue weighted by Crippen LogP contribution is -2.21. The van der Waals surface area contributed by atoms with Crippen LogP contribution in [0.4, 0.5) is 0 Å². The Hall–Kier alpha value is -2.99. The van der Waals surface area contributed by atoms with Crippen LogP contribution in [0.1, 0.15) is 56.6 Å². The fraction of sp³-hybridized carbons (Fsp3) is 0.250. The maximum absolute atomic E-state index is 12.8. The predicted octanol–water partition coefficient (Wildman–Crippen LogP) is 2.96. The normalized spacial score (nSPS) is 11.5. The third kappa shape index (κ3) is 4.15. The number of benzene rings is 2. The second kappa shape index (κ2) is 8.92. The molecule has 0 aliphatic rings. The number of carbonyl (C=O) groups excluding carboxylic acids is 3. The highest BCUT2D eigenvalue weighted by molar-refractivity contribution is 6.13. The molecular formula is C20H20O6. The van der Waals surface area contributed by atoms with Gasteiger partial charge in [-0.05, 0) is 25.5 Å². The van der Waals surface area contributed by atoms with Crippen molar-refractivity contribution in [3.63, 3.8) is 0 Å². The summed E-state index contributed by atoms with van der Waals surface area (Å²) in [5.74, 6) is -2.26. The van der Waals surface area contributed by atoms with Crippen molar-refractivity contribution in [1.82, 2.24) is 0 Å². The molecule has 136 valence electrons. The molecule has 0 saturated heterocycles. The minimum atomic E-state index is -1.47. The first-order chi connectivity index (χ1) is 12.5. The second-order valence-corrected chi connectivity index (χ2v) is 5.35. The van der Waals surface area contributed by atoms with Crippen LogP contribution in [0.25, 0.3) is 0 Å². The first-order valence-electron chi connectivity index (χ1n) is 8.25. The van der Waals surface area contributed by atoms with E-state index in [1.54, 1.807) is 44.2 Å². The summed E-state index contributed by atoms with van der Waals surface area (Å²) in [6.45, 7) is 3.44. The zero-order valence-electron chi connectivity index (χ0n) is 14.6. The Balaban J connectivity index is 2.53. The van der Waals surface area contributed by atoms with Gasteiger partial charge in [0.05, 0.1) is 24.3 Å². The number of aliphatic hydroxyl groups is 1. The first kappa shape index (κ1) is 19.3. The van der Waals surface area contributed by atoms with Crippen LogP contribution in [-0.4, -0.2) is 36.0 Å². The van der Waals surface area contributed by atoms with E-state index in [0.717, 1.165) is 0 Å². The van der Waals surface area contributed by atoms with Crippen LogP contribution in [0.3, 0.4) is 0 Å². The molecule has 2 aromatic rings. The van der Waals surface area contributed by atoms with Gasteiger partial charge < -0.3 is 14.6 Å². The van der Waals surface area contributed by atoms with E-state index in [9.17, 15) is 19.5 Å². The lowest BCUT2D eigenvalue weighted by molar-refractivity contribution is 0.0475. The lowest BCUT2D eigenvalue weighted by atomic mass is 9.93. The van der Waals surface area contributed by atoms with Crippen LogP contribution >= 0.6 is 0 Å². The van der Waals surface area contributed by atoms with Gasteiger partial charge in [0.25, 0.3) is 0 Å². The number of aliphatic hydroxyl groups excluding tert-OH is 1. The van der Waals surface area contributed by atoms with E-state index in [4.69, 9.17) is 9.47 Å². The van der Waals surface area contributed by atoms with Crippen molar-refractivity contribution >= 4 is 17.7 Å². The number of esters is 2. The molecule has 6 nitrogen and oxygen atoms in total. The zero-order valence-corrected chi connectivity index (χ0v) is 14.6. The molecule has 26 heavy (non-hydrogen) atoms. The van der Waals surface area contributed by atoms with Crippen molar-refractivity contribution in [2.75, 3.05) is 13.2 Å². The predicted molar refractivity (Wildman–Crippen MR) is 94.1 cm³/mol. The van der Waals surface area contributed by atoms with Gasteiger partial charge in [-0.1, -0.05) is 42.5 Å². The molecule has 0 bridgehead atoms. The van der Waals surface area contributed by atoms with E-state index in [0.29, 0.717) is 5.56 Å². The van der Waals surface area contributed by atoms with Crippen molar-refractivity contribution in [2.45, 2.75) is 20.0 Å². The summed E-state index contributed by atoms with van der Waals surface area (Å²) in [6, 6.07) is 12.6. The van der Waals surface area contributed by atoms with Crippen molar-refractivity contribution in [3.8, 4) is 0 Å². The molecule has 1 N–H and O–H groups in total.